The van der Waals surface area contributed by atoms with E-state index in [-0.39, 0.29) is 12.3 Å². The number of rotatable bonds is 7. The van der Waals surface area contributed by atoms with Crippen molar-refractivity contribution >= 4 is 28.9 Å². The number of ether oxygens (including phenoxy) is 2. The summed E-state index contributed by atoms with van der Waals surface area (Å²) in [6, 6.07) is 11.7. The standard InChI is InChI=1S/C19H22N4O4/c1-12(22-23-19(25)14-6-4-5-7-15(14)20)10-18(24)21-16-11-13(26-2)8-9-17(16)27-3/h4-9,11H,10,20H2,1-3H3,(H,21,24)(H,23,25)/b22-12-. The minimum atomic E-state index is -0.442. The van der Waals surface area contributed by atoms with Gasteiger partial charge in [0.2, 0.25) is 5.91 Å². The Morgan fingerprint density at radius 3 is 2.52 bits per heavy atom. The van der Waals surface area contributed by atoms with Gasteiger partial charge in [-0.3, -0.25) is 9.59 Å². The average molecular weight is 370 g/mol. The maximum atomic E-state index is 12.2. The lowest BCUT2D eigenvalue weighted by atomic mass is 10.2. The lowest BCUT2D eigenvalue weighted by Crippen LogP contribution is -2.22. The number of carbonyl (C=O) groups is 2. The molecule has 0 spiro atoms. The van der Waals surface area contributed by atoms with Gasteiger partial charge in [-0.1, -0.05) is 12.1 Å². The molecule has 0 aromatic heterocycles. The third kappa shape index (κ3) is 5.46. The predicted octanol–water partition coefficient (Wildman–Crippen LogP) is 2.42. The molecule has 0 unspecified atom stereocenters. The van der Waals surface area contributed by atoms with E-state index in [1.807, 2.05) is 0 Å². The van der Waals surface area contributed by atoms with Gasteiger partial charge in [0.25, 0.3) is 5.91 Å². The van der Waals surface area contributed by atoms with Crippen molar-refractivity contribution in [1.29, 1.82) is 0 Å². The molecule has 0 saturated heterocycles. The molecule has 2 amide bonds. The largest absolute Gasteiger partial charge is 0.497 e. The molecular formula is C19H22N4O4. The highest BCUT2D eigenvalue weighted by atomic mass is 16.5. The second kappa shape index (κ2) is 9.23. The summed E-state index contributed by atoms with van der Waals surface area (Å²) in [6.45, 7) is 1.64. The number of benzene rings is 2. The predicted molar refractivity (Wildman–Crippen MR) is 104 cm³/mol. The molecule has 8 nitrogen and oxygen atoms in total. The van der Waals surface area contributed by atoms with Gasteiger partial charge in [0.1, 0.15) is 11.5 Å². The highest BCUT2D eigenvalue weighted by Crippen LogP contribution is 2.28. The summed E-state index contributed by atoms with van der Waals surface area (Å²) < 4.78 is 10.4. The Kier molecular flexibility index (Phi) is 6.76. The zero-order valence-electron chi connectivity index (χ0n) is 15.4. The van der Waals surface area contributed by atoms with Crippen molar-refractivity contribution in [2.75, 3.05) is 25.3 Å². The summed E-state index contributed by atoms with van der Waals surface area (Å²) in [7, 11) is 3.04. The van der Waals surface area contributed by atoms with Gasteiger partial charge in [-0.2, -0.15) is 5.10 Å². The lowest BCUT2D eigenvalue weighted by molar-refractivity contribution is -0.115. The van der Waals surface area contributed by atoms with Crippen molar-refractivity contribution in [2.45, 2.75) is 13.3 Å². The molecular weight excluding hydrogens is 348 g/mol. The van der Waals surface area contributed by atoms with Gasteiger partial charge in [0.15, 0.2) is 0 Å². The van der Waals surface area contributed by atoms with Crippen molar-refractivity contribution in [3.8, 4) is 11.5 Å². The number of methoxy groups -OCH3 is 2. The fraction of sp³-hybridized carbons (Fsp3) is 0.211. The Hall–Kier alpha value is -3.55. The maximum Gasteiger partial charge on any atom is 0.273 e. The smallest absolute Gasteiger partial charge is 0.273 e. The number of carbonyl (C=O) groups excluding carboxylic acids is 2. The van der Waals surface area contributed by atoms with Crippen LogP contribution in [0.15, 0.2) is 47.6 Å². The van der Waals surface area contributed by atoms with Gasteiger partial charge in [-0.05, 0) is 31.2 Å². The number of hydrogen-bond acceptors (Lipinski definition) is 6. The quantitative estimate of drug-likeness (QED) is 0.393. The zero-order chi connectivity index (χ0) is 19.8. The molecule has 0 heterocycles. The summed E-state index contributed by atoms with van der Waals surface area (Å²) in [5, 5.41) is 6.68. The Balaban J connectivity index is 1.98. The summed E-state index contributed by atoms with van der Waals surface area (Å²) in [5.74, 6) is 0.342. The SMILES string of the molecule is COc1ccc(OC)c(NC(=O)C/C(C)=N\NC(=O)c2ccccc2N)c1. The number of hydrogen-bond donors (Lipinski definition) is 3. The van der Waals surface area contributed by atoms with Gasteiger partial charge in [0, 0.05) is 17.5 Å². The number of nitrogen functional groups attached to an aromatic ring is 1. The Morgan fingerprint density at radius 2 is 1.85 bits per heavy atom. The van der Waals surface area contributed by atoms with Gasteiger partial charge >= 0.3 is 0 Å². The number of nitrogens with zero attached hydrogens (tertiary/aromatic N) is 1. The number of nitrogens with one attached hydrogen (secondary N) is 2. The van der Waals surface area contributed by atoms with Crippen LogP contribution >= 0.6 is 0 Å². The van der Waals surface area contributed by atoms with E-state index in [0.29, 0.717) is 34.1 Å². The fourth-order valence-corrected chi connectivity index (χ4v) is 2.29. The van der Waals surface area contributed by atoms with Gasteiger partial charge in [0.05, 0.1) is 31.9 Å². The van der Waals surface area contributed by atoms with Crippen LogP contribution in [0.2, 0.25) is 0 Å². The van der Waals surface area contributed by atoms with Crippen molar-refractivity contribution in [3.05, 3.63) is 48.0 Å². The molecule has 0 bridgehead atoms. The first-order valence-electron chi connectivity index (χ1n) is 8.14. The van der Waals surface area contributed by atoms with Crippen LogP contribution in [-0.4, -0.2) is 31.7 Å². The number of hydrazone groups is 1. The van der Waals surface area contributed by atoms with E-state index in [1.54, 1.807) is 49.4 Å². The highest BCUT2D eigenvalue weighted by Gasteiger charge is 2.11. The third-order valence-electron chi connectivity index (χ3n) is 3.65. The van der Waals surface area contributed by atoms with Crippen molar-refractivity contribution in [1.82, 2.24) is 5.43 Å². The minimum Gasteiger partial charge on any atom is -0.497 e. The van der Waals surface area contributed by atoms with Crippen LogP contribution in [0.25, 0.3) is 0 Å². The summed E-state index contributed by atoms with van der Waals surface area (Å²) in [5.41, 5.74) is 9.73. The normalized spacial score (nSPS) is 10.9. The second-order valence-corrected chi connectivity index (χ2v) is 5.67. The van der Waals surface area contributed by atoms with E-state index in [9.17, 15) is 9.59 Å². The topological polar surface area (TPSA) is 115 Å². The first-order valence-corrected chi connectivity index (χ1v) is 8.14. The summed E-state index contributed by atoms with van der Waals surface area (Å²) >= 11 is 0. The van der Waals surface area contributed by atoms with Crippen LogP contribution in [0.3, 0.4) is 0 Å². The molecule has 0 radical (unpaired) electrons. The zero-order valence-corrected chi connectivity index (χ0v) is 15.4. The maximum absolute atomic E-state index is 12.2. The molecule has 0 fully saturated rings. The average Bonchev–Trinajstić information content (AvgIpc) is 2.66. The van der Waals surface area contributed by atoms with Crippen LogP contribution < -0.4 is 25.9 Å². The first-order chi connectivity index (χ1) is 12.9. The molecule has 2 rings (SSSR count). The lowest BCUT2D eigenvalue weighted by Gasteiger charge is -2.11. The summed E-state index contributed by atoms with van der Waals surface area (Å²) in [4.78, 5) is 24.3. The van der Waals surface area contributed by atoms with Crippen molar-refractivity contribution in [3.63, 3.8) is 0 Å². The molecule has 4 N–H and O–H groups in total. The number of anilines is 2. The highest BCUT2D eigenvalue weighted by molar-refractivity contribution is 6.07. The number of nitrogens with two attached hydrogens (primary N) is 1. The molecule has 0 aliphatic rings. The Bertz CT molecular complexity index is 865. The van der Waals surface area contributed by atoms with Crippen molar-refractivity contribution in [2.24, 2.45) is 5.10 Å². The first kappa shape index (κ1) is 19.8. The van der Waals surface area contributed by atoms with Crippen LogP contribution in [0.1, 0.15) is 23.7 Å². The van der Waals surface area contributed by atoms with Crippen LogP contribution in [0.5, 0.6) is 11.5 Å². The monoisotopic (exact) mass is 370 g/mol. The molecule has 0 aliphatic heterocycles. The van der Waals surface area contributed by atoms with E-state index in [1.165, 1.54) is 14.2 Å². The third-order valence-corrected chi connectivity index (χ3v) is 3.65. The van der Waals surface area contributed by atoms with E-state index in [2.05, 4.69) is 15.8 Å². The number of amides is 2. The molecule has 8 heteroatoms. The molecule has 0 aliphatic carbocycles. The van der Waals surface area contributed by atoms with E-state index in [4.69, 9.17) is 15.2 Å². The number of para-hydroxylation sites is 1. The van der Waals surface area contributed by atoms with Gasteiger partial charge < -0.3 is 20.5 Å². The minimum absolute atomic E-state index is 0.00901. The fourth-order valence-electron chi connectivity index (χ4n) is 2.29. The molecule has 27 heavy (non-hydrogen) atoms. The van der Waals surface area contributed by atoms with Gasteiger partial charge in [-0.25, -0.2) is 5.43 Å². The molecule has 2 aromatic carbocycles. The second-order valence-electron chi connectivity index (χ2n) is 5.67. The van der Waals surface area contributed by atoms with Crippen molar-refractivity contribution < 1.29 is 19.1 Å². The Labute approximate surface area is 157 Å². The molecule has 2 aromatic rings. The summed E-state index contributed by atoms with van der Waals surface area (Å²) in [6.07, 6.45) is -0.00901. The van der Waals surface area contributed by atoms with Crippen LogP contribution in [-0.2, 0) is 4.79 Å². The molecule has 0 saturated carbocycles. The van der Waals surface area contributed by atoms with E-state index < -0.39 is 5.91 Å². The van der Waals surface area contributed by atoms with Gasteiger partial charge in [-0.15, -0.1) is 0 Å². The van der Waals surface area contributed by atoms with Crippen LogP contribution in [0, 0.1) is 0 Å². The van der Waals surface area contributed by atoms with E-state index in [0.717, 1.165) is 0 Å². The van der Waals surface area contributed by atoms with E-state index >= 15 is 0 Å². The molecule has 0 atom stereocenters. The Morgan fingerprint density at radius 1 is 1.11 bits per heavy atom. The van der Waals surface area contributed by atoms with Crippen LogP contribution in [0.4, 0.5) is 11.4 Å². The molecule has 142 valence electrons.